The number of carbonyl (C=O) groups excluding carboxylic acids is 1. The van der Waals surface area contributed by atoms with Crippen LogP contribution in [0.2, 0.25) is 0 Å². The number of hydrogen-bond acceptors (Lipinski definition) is 2. The first kappa shape index (κ1) is 15.8. The standard InChI is InChI=1S/C15H22ClNO2/c1-15(2,3)9-12(16)10-17-14(18)11-6-5-7-13(8-11)19-4/h5-8,12H,9-10H2,1-4H3,(H,17,18). The first-order valence-corrected chi connectivity index (χ1v) is 6.82. The first-order chi connectivity index (χ1) is 8.81. The molecule has 4 heteroatoms. The lowest BCUT2D eigenvalue weighted by Gasteiger charge is -2.22. The second kappa shape index (κ2) is 6.80. The van der Waals surface area contributed by atoms with Crippen LogP contribution in [0.15, 0.2) is 24.3 Å². The molecule has 0 spiro atoms. The van der Waals surface area contributed by atoms with Crippen molar-refractivity contribution in [2.45, 2.75) is 32.6 Å². The first-order valence-electron chi connectivity index (χ1n) is 6.38. The zero-order valence-corrected chi connectivity index (χ0v) is 12.8. The minimum Gasteiger partial charge on any atom is -0.497 e. The zero-order chi connectivity index (χ0) is 14.5. The molecule has 1 rings (SSSR count). The van der Waals surface area contributed by atoms with E-state index in [1.807, 2.05) is 0 Å². The van der Waals surface area contributed by atoms with E-state index in [9.17, 15) is 4.79 Å². The third-order valence-electron chi connectivity index (χ3n) is 2.65. The molecule has 0 fully saturated rings. The van der Waals surface area contributed by atoms with Gasteiger partial charge in [-0.1, -0.05) is 26.8 Å². The summed E-state index contributed by atoms with van der Waals surface area (Å²) in [5.41, 5.74) is 0.742. The van der Waals surface area contributed by atoms with Gasteiger partial charge in [0.05, 0.1) is 12.5 Å². The van der Waals surface area contributed by atoms with E-state index in [4.69, 9.17) is 16.3 Å². The van der Waals surface area contributed by atoms with E-state index in [1.54, 1.807) is 31.4 Å². The van der Waals surface area contributed by atoms with Crippen LogP contribution in [-0.2, 0) is 0 Å². The highest BCUT2D eigenvalue weighted by Crippen LogP contribution is 2.23. The molecule has 106 valence electrons. The molecule has 1 atom stereocenters. The lowest BCUT2D eigenvalue weighted by Crippen LogP contribution is -2.31. The fourth-order valence-electron chi connectivity index (χ4n) is 1.81. The Morgan fingerprint density at radius 2 is 2.11 bits per heavy atom. The molecule has 1 aromatic rings. The van der Waals surface area contributed by atoms with Crippen molar-refractivity contribution in [1.82, 2.24) is 5.32 Å². The van der Waals surface area contributed by atoms with Gasteiger partial charge in [-0.2, -0.15) is 0 Å². The quantitative estimate of drug-likeness (QED) is 0.841. The molecule has 3 nitrogen and oxygen atoms in total. The molecule has 0 heterocycles. The van der Waals surface area contributed by atoms with E-state index >= 15 is 0 Å². The predicted octanol–water partition coefficient (Wildman–Crippen LogP) is 3.47. The van der Waals surface area contributed by atoms with Gasteiger partial charge in [0.15, 0.2) is 0 Å². The largest absolute Gasteiger partial charge is 0.497 e. The number of ether oxygens (including phenoxy) is 1. The van der Waals surface area contributed by atoms with Gasteiger partial charge in [0.25, 0.3) is 5.91 Å². The zero-order valence-electron chi connectivity index (χ0n) is 12.0. The van der Waals surface area contributed by atoms with E-state index in [0.717, 1.165) is 6.42 Å². The van der Waals surface area contributed by atoms with Crippen molar-refractivity contribution in [3.05, 3.63) is 29.8 Å². The van der Waals surface area contributed by atoms with Crippen LogP contribution in [0.3, 0.4) is 0 Å². The van der Waals surface area contributed by atoms with Gasteiger partial charge < -0.3 is 10.1 Å². The average molecular weight is 284 g/mol. The summed E-state index contributed by atoms with van der Waals surface area (Å²) in [5.74, 6) is 0.545. The molecule has 1 unspecified atom stereocenters. The molecule has 0 saturated heterocycles. The van der Waals surface area contributed by atoms with E-state index in [0.29, 0.717) is 17.9 Å². The van der Waals surface area contributed by atoms with Crippen LogP contribution in [0.4, 0.5) is 0 Å². The highest BCUT2D eigenvalue weighted by molar-refractivity contribution is 6.21. The lowest BCUT2D eigenvalue weighted by molar-refractivity contribution is 0.0951. The molecule has 0 radical (unpaired) electrons. The molecule has 19 heavy (non-hydrogen) atoms. The Morgan fingerprint density at radius 1 is 1.42 bits per heavy atom. The van der Waals surface area contributed by atoms with Crippen molar-refractivity contribution in [1.29, 1.82) is 0 Å². The van der Waals surface area contributed by atoms with Crippen LogP contribution < -0.4 is 10.1 Å². The number of benzene rings is 1. The molecule has 1 aromatic carbocycles. The summed E-state index contributed by atoms with van der Waals surface area (Å²) in [6.45, 7) is 6.86. The maximum atomic E-state index is 12.0. The normalized spacial score (nSPS) is 12.9. The Kier molecular flexibility index (Phi) is 5.67. The molecule has 0 aliphatic heterocycles. The monoisotopic (exact) mass is 283 g/mol. The van der Waals surface area contributed by atoms with Crippen molar-refractivity contribution >= 4 is 17.5 Å². The second-order valence-electron chi connectivity index (χ2n) is 5.80. The fourth-order valence-corrected chi connectivity index (χ4v) is 2.35. The van der Waals surface area contributed by atoms with E-state index < -0.39 is 0 Å². The summed E-state index contributed by atoms with van der Waals surface area (Å²) in [6.07, 6.45) is 0.854. The Labute approximate surface area is 120 Å². The molecule has 1 amide bonds. The highest BCUT2D eigenvalue weighted by atomic mass is 35.5. The Morgan fingerprint density at radius 3 is 2.68 bits per heavy atom. The minimum atomic E-state index is -0.126. The van der Waals surface area contributed by atoms with Crippen molar-refractivity contribution in [2.24, 2.45) is 5.41 Å². The van der Waals surface area contributed by atoms with Crippen molar-refractivity contribution in [3.63, 3.8) is 0 Å². The molecule has 1 N–H and O–H groups in total. The Bertz CT molecular complexity index is 426. The summed E-state index contributed by atoms with van der Waals surface area (Å²) in [7, 11) is 1.58. The summed E-state index contributed by atoms with van der Waals surface area (Å²) >= 11 is 6.22. The number of hydrogen-bond donors (Lipinski definition) is 1. The van der Waals surface area contributed by atoms with E-state index in [-0.39, 0.29) is 16.7 Å². The lowest BCUT2D eigenvalue weighted by atomic mass is 9.90. The maximum absolute atomic E-state index is 12.0. The van der Waals surface area contributed by atoms with Crippen molar-refractivity contribution in [3.8, 4) is 5.75 Å². The van der Waals surface area contributed by atoms with Crippen LogP contribution >= 0.6 is 11.6 Å². The van der Waals surface area contributed by atoms with Gasteiger partial charge in [0.1, 0.15) is 5.75 Å². The van der Waals surface area contributed by atoms with E-state index in [2.05, 4.69) is 26.1 Å². The fraction of sp³-hybridized carbons (Fsp3) is 0.533. The smallest absolute Gasteiger partial charge is 0.251 e. The summed E-state index contributed by atoms with van der Waals surface area (Å²) in [5, 5.41) is 2.79. The summed E-state index contributed by atoms with van der Waals surface area (Å²) < 4.78 is 5.09. The van der Waals surface area contributed by atoms with E-state index in [1.165, 1.54) is 0 Å². The van der Waals surface area contributed by atoms with Gasteiger partial charge in [0, 0.05) is 12.1 Å². The van der Waals surface area contributed by atoms with Gasteiger partial charge in [-0.05, 0) is 30.0 Å². The van der Waals surface area contributed by atoms with Crippen molar-refractivity contribution in [2.75, 3.05) is 13.7 Å². The van der Waals surface area contributed by atoms with Crippen LogP contribution in [0.5, 0.6) is 5.75 Å². The number of methoxy groups -OCH3 is 1. The number of amides is 1. The summed E-state index contributed by atoms with van der Waals surface area (Å²) in [4.78, 5) is 12.0. The Hall–Kier alpha value is -1.22. The molecule has 0 aromatic heterocycles. The third-order valence-corrected chi connectivity index (χ3v) is 2.96. The van der Waals surface area contributed by atoms with Gasteiger partial charge >= 0.3 is 0 Å². The molecule has 0 aliphatic rings. The molecule has 0 saturated carbocycles. The summed E-state index contributed by atoms with van der Waals surface area (Å²) in [6, 6.07) is 7.06. The second-order valence-corrected chi connectivity index (χ2v) is 6.42. The number of halogens is 1. The number of rotatable bonds is 5. The van der Waals surface area contributed by atoms with Crippen LogP contribution in [0.25, 0.3) is 0 Å². The van der Waals surface area contributed by atoms with Gasteiger partial charge in [-0.3, -0.25) is 4.79 Å². The van der Waals surface area contributed by atoms with Gasteiger partial charge in [-0.25, -0.2) is 0 Å². The number of carbonyl (C=O) groups is 1. The topological polar surface area (TPSA) is 38.3 Å². The molecular formula is C15H22ClNO2. The number of alkyl halides is 1. The van der Waals surface area contributed by atoms with Crippen LogP contribution in [0.1, 0.15) is 37.6 Å². The Balaban J connectivity index is 2.51. The predicted molar refractivity (Wildman–Crippen MR) is 79.0 cm³/mol. The van der Waals surface area contributed by atoms with Gasteiger partial charge in [-0.15, -0.1) is 11.6 Å². The van der Waals surface area contributed by atoms with Crippen molar-refractivity contribution < 1.29 is 9.53 Å². The van der Waals surface area contributed by atoms with Crippen LogP contribution in [-0.4, -0.2) is 24.9 Å². The molecular weight excluding hydrogens is 262 g/mol. The highest BCUT2D eigenvalue weighted by Gasteiger charge is 2.17. The number of nitrogens with one attached hydrogen (secondary N) is 1. The third kappa shape index (κ3) is 5.97. The maximum Gasteiger partial charge on any atom is 0.251 e. The SMILES string of the molecule is COc1cccc(C(=O)NCC(Cl)CC(C)(C)C)c1. The average Bonchev–Trinajstić information content (AvgIpc) is 2.34. The molecule has 0 bridgehead atoms. The minimum absolute atomic E-state index is 0.0606. The van der Waals surface area contributed by atoms with Gasteiger partial charge in [0.2, 0.25) is 0 Å². The van der Waals surface area contributed by atoms with Crippen LogP contribution in [0, 0.1) is 5.41 Å². The molecule has 0 aliphatic carbocycles.